The number of benzene rings is 1. The first-order valence-electron chi connectivity index (χ1n) is 8.97. The van der Waals surface area contributed by atoms with Crippen molar-refractivity contribution in [3.8, 4) is 0 Å². The van der Waals surface area contributed by atoms with E-state index < -0.39 is 0 Å². The summed E-state index contributed by atoms with van der Waals surface area (Å²) in [5, 5.41) is 0. The van der Waals surface area contributed by atoms with Crippen molar-refractivity contribution in [2.24, 2.45) is 0 Å². The van der Waals surface area contributed by atoms with Crippen LogP contribution in [0.5, 0.6) is 0 Å². The van der Waals surface area contributed by atoms with Crippen molar-refractivity contribution >= 4 is 17.3 Å². The van der Waals surface area contributed by atoms with Gasteiger partial charge < -0.3 is 4.90 Å². The van der Waals surface area contributed by atoms with E-state index in [0.29, 0.717) is 6.04 Å². The second kappa shape index (κ2) is 5.94. The van der Waals surface area contributed by atoms with Gasteiger partial charge in [0.2, 0.25) is 0 Å². The molecule has 2 aliphatic heterocycles. The van der Waals surface area contributed by atoms with Gasteiger partial charge in [-0.2, -0.15) is 0 Å². The van der Waals surface area contributed by atoms with Crippen LogP contribution in [0.15, 0.2) is 29.8 Å². The maximum atomic E-state index is 2.73. The van der Waals surface area contributed by atoms with Gasteiger partial charge in [-0.3, -0.25) is 4.90 Å². The molecule has 0 aromatic heterocycles. The van der Waals surface area contributed by atoms with Crippen LogP contribution in [0.2, 0.25) is 0 Å². The molecule has 3 aliphatic rings. The maximum Gasteiger partial charge on any atom is 0.0501 e. The van der Waals surface area contributed by atoms with Gasteiger partial charge in [0.25, 0.3) is 0 Å². The zero-order valence-electron chi connectivity index (χ0n) is 14.6. The van der Waals surface area contributed by atoms with Crippen LogP contribution in [0.25, 0.3) is 5.57 Å². The molecule has 0 saturated carbocycles. The van der Waals surface area contributed by atoms with E-state index in [-0.39, 0.29) is 4.75 Å². The quantitative estimate of drug-likeness (QED) is 0.820. The van der Waals surface area contributed by atoms with E-state index >= 15 is 0 Å². The Kier molecular flexibility index (Phi) is 4.07. The SMILES string of the molecule is CC(N1CCN(C)CC1)C1(C)SCCC2=C1Cc1ccccc12. The van der Waals surface area contributed by atoms with Crippen molar-refractivity contribution in [3.63, 3.8) is 0 Å². The van der Waals surface area contributed by atoms with Crippen LogP contribution in [0.4, 0.5) is 0 Å². The Bertz CT molecular complexity index is 630. The molecular weight excluding hydrogens is 300 g/mol. The van der Waals surface area contributed by atoms with Crippen molar-refractivity contribution in [1.82, 2.24) is 9.80 Å². The molecule has 1 aliphatic carbocycles. The molecule has 0 N–H and O–H groups in total. The molecule has 2 nitrogen and oxygen atoms in total. The van der Waals surface area contributed by atoms with Crippen molar-refractivity contribution < 1.29 is 0 Å². The first-order chi connectivity index (χ1) is 11.1. The van der Waals surface area contributed by atoms with Gasteiger partial charge in [0.15, 0.2) is 0 Å². The number of piperazine rings is 1. The van der Waals surface area contributed by atoms with Crippen molar-refractivity contribution in [1.29, 1.82) is 0 Å². The number of thioether (sulfide) groups is 1. The van der Waals surface area contributed by atoms with Crippen LogP contribution in [0, 0.1) is 0 Å². The molecular formula is C20H28N2S. The zero-order valence-corrected chi connectivity index (χ0v) is 15.5. The third-order valence-electron chi connectivity index (χ3n) is 6.31. The van der Waals surface area contributed by atoms with Crippen LogP contribution >= 0.6 is 11.8 Å². The van der Waals surface area contributed by atoms with Crippen LogP contribution in [0.3, 0.4) is 0 Å². The minimum absolute atomic E-state index is 0.266. The van der Waals surface area contributed by atoms with E-state index in [1.165, 1.54) is 44.8 Å². The van der Waals surface area contributed by atoms with Gasteiger partial charge in [-0.25, -0.2) is 0 Å². The largest absolute Gasteiger partial charge is 0.304 e. The van der Waals surface area contributed by atoms with E-state index in [9.17, 15) is 0 Å². The Morgan fingerprint density at radius 2 is 1.87 bits per heavy atom. The third-order valence-corrected chi connectivity index (χ3v) is 7.91. The maximum absolute atomic E-state index is 2.73. The summed E-state index contributed by atoms with van der Waals surface area (Å²) in [6.07, 6.45) is 2.43. The molecule has 2 heterocycles. The number of hydrogen-bond donors (Lipinski definition) is 0. The lowest BCUT2D eigenvalue weighted by molar-refractivity contribution is 0.107. The standard InChI is InChI=1S/C20H28N2S/c1-15(22-11-9-21(3)10-12-22)20(2)19-14-16-6-4-5-7-17(16)18(19)8-13-23-20/h4-7,15H,8-14H2,1-3H3. The predicted molar refractivity (Wildman–Crippen MR) is 101 cm³/mol. The van der Waals surface area contributed by atoms with E-state index in [1.807, 2.05) is 0 Å². The fourth-order valence-corrected chi connectivity index (χ4v) is 6.06. The lowest BCUT2D eigenvalue weighted by Gasteiger charge is -2.47. The molecule has 0 spiro atoms. The highest BCUT2D eigenvalue weighted by Gasteiger charge is 2.44. The highest BCUT2D eigenvalue weighted by molar-refractivity contribution is 8.01. The summed E-state index contributed by atoms with van der Waals surface area (Å²) in [5.74, 6) is 1.27. The van der Waals surface area contributed by atoms with Gasteiger partial charge >= 0.3 is 0 Å². The Balaban J connectivity index is 1.64. The molecule has 3 heteroatoms. The molecule has 1 saturated heterocycles. The molecule has 2 unspecified atom stereocenters. The molecule has 1 aromatic rings. The van der Waals surface area contributed by atoms with Crippen LogP contribution in [-0.4, -0.2) is 59.6 Å². The Labute approximate surface area is 144 Å². The average molecular weight is 329 g/mol. The van der Waals surface area contributed by atoms with Gasteiger partial charge in [0.05, 0.1) is 4.75 Å². The second-order valence-corrected chi connectivity index (χ2v) is 9.06. The topological polar surface area (TPSA) is 6.48 Å². The predicted octanol–water partition coefficient (Wildman–Crippen LogP) is 3.53. The summed E-state index contributed by atoms with van der Waals surface area (Å²) in [6.45, 7) is 9.82. The van der Waals surface area contributed by atoms with Gasteiger partial charge in [-0.05, 0) is 61.8 Å². The molecule has 23 heavy (non-hydrogen) atoms. The highest BCUT2D eigenvalue weighted by Crippen LogP contribution is 2.52. The second-order valence-electron chi connectivity index (χ2n) is 7.51. The number of rotatable bonds is 2. The summed E-state index contributed by atoms with van der Waals surface area (Å²) in [6, 6.07) is 9.69. The highest BCUT2D eigenvalue weighted by atomic mass is 32.2. The molecule has 4 rings (SSSR count). The third kappa shape index (κ3) is 2.57. The van der Waals surface area contributed by atoms with Gasteiger partial charge in [-0.15, -0.1) is 11.8 Å². The molecule has 0 radical (unpaired) electrons. The minimum atomic E-state index is 0.266. The zero-order chi connectivity index (χ0) is 16.0. The summed E-state index contributed by atoms with van der Waals surface area (Å²) in [7, 11) is 2.24. The fourth-order valence-electron chi connectivity index (χ4n) is 4.57. The van der Waals surface area contributed by atoms with E-state index in [0.717, 1.165) is 0 Å². The lowest BCUT2D eigenvalue weighted by Crippen LogP contribution is -2.55. The summed E-state index contributed by atoms with van der Waals surface area (Å²) >= 11 is 2.20. The average Bonchev–Trinajstić information content (AvgIpc) is 2.96. The molecule has 1 aromatic carbocycles. The molecule has 1 fully saturated rings. The van der Waals surface area contributed by atoms with Crippen LogP contribution in [-0.2, 0) is 6.42 Å². The Morgan fingerprint density at radius 1 is 1.13 bits per heavy atom. The smallest absolute Gasteiger partial charge is 0.0501 e. The number of allylic oxidation sites excluding steroid dienone is 1. The van der Waals surface area contributed by atoms with Gasteiger partial charge in [-0.1, -0.05) is 24.3 Å². The van der Waals surface area contributed by atoms with Gasteiger partial charge in [0.1, 0.15) is 0 Å². The number of nitrogens with zero attached hydrogens (tertiary/aromatic N) is 2. The van der Waals surface area contributed by atoms with Gasteiger partial charge in [0, 0.05) is 32.2 Å². The molecule has 0 amide bonds. The van der Waals surface area contributed by atoms with E-state index in [1.54, 1.807) is 22.3 Å². The summed E-state index contributed by atoms with van der Waals surface area (Å²) in [4.78, 5) is 5.18. The Hall–Kier alpha value is -0.770. The first-order valence-corrected chi connectivity index (χ1v) is 9.95. The van der Waals surface area contributed by atoms with Crippen molar-refractivity contribution in [3.05, 3.63) is 41.0 Å². The number of fused-ring (bicyclic) bond motifs is 2. The van der Waals surface area contributed by atoms with Crippen molar-refractivity contribution in [2.45, 2.75) is 37.5 Å². The van der Waals surface area contributed by atoms with Crippen LogP contribution < -0.4 is 0 Å². The summed E-state index contributed by atoms with van der Waals surface area (Å²) < 4.78 is 0.266. The van der Waals surface area contributed by atoms with E-state index in [2.05, 4.69) is 66.7 Å². The Morgan fingerprint density at radius 3 is 2.65 bits per heavy atom. The molecule has 2 atom stereocenters. The normalized spacial score (nSPS) is 30.2. The fraction of sp³-hybridized carbons (Fsp3) is 0.600. The molecule has 124 valence electrons. The number of likely N-dealkylation sites (N-methyl/N-ethyl adjacent to an activating group) is 1. The van der Waals surface area contributed by atoms with Crippen molar-refractivity contribution in [2.75, 3.05) is 39.0 Å². The number of hydrogen-bond acceptors (Lipinski definition) is 3. The van der Waals surface area contributed by atoms with E-state index in [4.69, 9.17) is 0 Å². The monoisotopic (exact) mass is 328 g/mol. The molecule has 0 bridgehead atoms. The first kappa shape index (κ1) is 15.7. The lowest BCUT2D eigenvalue weighted by atomic mass is 9.86. The van der Waals surface area contributed by atoms with Crippen LogP contribution in [0.1, 0.15) is 31.4 Å². The minimum Gasteiger partial charge on any atom is -0.304 e. The summed E-state index contributed by atoms with van der Waals surface area (Å²) in [5.41, 5.74) is 6.49.